The molecule has 1 amide bonds. The minimum atomic E-state index is -0.260. The van der Waals surface area contributed by atoms with Gasteiger partial charge in [0.15, 0.2) is 5.16 Å². The maximum atomic E-state index is 11.9. The number of halogens is 1. The number of aromatic amines is 1. The maximum absolute atomic E-state index is 11.9. The highest BCUT2D eigenvalue weighted by atomic mass is 79.9. The fourth-order valence-electron chi connectivity index (χ4n) is 1.74. The van der Waals surface area contributed by atoms with E-state index in [2.05, 4.69) is 31.4 Å². The third-order valence-corrected chi connectivity index (χ3v) is 4.68. The highest BCUT2D eigenvalue weighted by Gasteiger charge is 2.10. The van der Waals surface area contributed by atoms with Gasteiger partial charge in [-0.2, -0.15) is 0 Å². The van der Waals surface area contributed by atoms with Gasteiger partial charge in [-0.25, -0.2) is 9.89 Å². The van der Waals surface area contributed by atoms with E-state index >= 15 is 0 Å². The van der Waals surface area contributed by atoms with Crippen LogP contribution in [-0.2, 0) is 11.3 Å². The molecule has 0 aliphatic rings. The molecule has 2 aromatic rings. The molecule has 0 saturated heterocycles. The van der Waals surface area contributed by atoms with Gasteiger partial charge in [0.25, 0.3) is 0 Å². The number of anilines is 1. The molecule has 2 N–H and O–H groups in total. The Morgan fingerprint density at radius 2 is 2.29 bits per heavy atom. The highest BCUT2D eigenvalue weighted by Crippen LogP contribution is 2.20. The van der Waals surface area contributed by atoms with E-state index in [1.807, 2.05) is 32.0 Å². The summed E-state index contributed by atoms with van der Waals surface area (Å²) in [5.74, 6) is 0.0548. The van der Waals surface area contributed by atoms with Gasteiger partial charge < -0.3 is 5.32 Å². The number of thioether (sulfide) groups is 1. The van der Waals surface area contributed by atoms with Crippen LogP contribution in [0.5, 0.6) is 0 Å². The number of hydrogen-bond donors (Lipinski definition) is 2. The third kappa shape index (κ3) is 3.98. The van der Waals surface area contributed by atoms with Crippen LogP contribution < -0.4 is 11.0 Å². The van der Waals surface area contributed by atoms with Crippen molar-refractivity contribution in [2.45, 2.75) is 25.5 Å². The molecule has 21 heavy (non-hydrogen) atoms. The molecule has 8 heteroatoms. The van der Waals surface area contributed by atoms with Crippen molar-refractivity contribution in [2.24, 2.45) is 0 Å². The Labute approximate surface area is 134 Å². The van der Waals surface area contributed by atoms with E-state index in [0.717, 1.165) is 15.7 Å². The van der Waals surface area contributed by atoms with E-state index in [9.17, 15) is 9.59 Å². The molecule has 1 aromatic carbocycles. The quantitative estimate of drug-likeness (QED) is 0.791. The van der Waals surface area contributed by atoms with Crippen LogP contribution in [0, 0.1) is 6.92 Å². The summed E-state index contributed by atoms with van der Waals surface area (Å²) in [7, 11) is 0. The summed E-state index contributed by atoms with van der Waals surface area (Å²) < 4.78 is 2.49. The molecular formula is C13H15BrN4O2S. The molecule has 0 unspecified atom stereocenters. The lowest BCUT2D eigenvalue weighted by atomic mass is 10.2. The average Bonchev–Trinajstić information content (AvgIpc) is 2.81. The Bertz CT molecular complexity index is 710. The van der Waals surface area contributed by atoms with Gasteiger partial charge in [-0.3, -0.25) is 9.36 Å². The van der Waals surface area contributed by atoms with Crippen molar-refractivity contribution < 1.29 is 4.79 Å². The topological polar surface area (TPSA) is 79.8 Å². The van der Waals surface area contributed by atoms with Crippen LogP contribution in [0.1, 0.15) is 12.5 Å². The van der Waals surface area contributed by atoms with Crippen molar-refractivity contribution >= 4 is 39.3 Å². The van der Waals surface area contributed by atoms with Crippen LogP contribution in [0.4, 0.5) is 5.69 Å². The Morgan fingerprint density at radius 1 is 1.52 bits per heavy atom. The molecule has 0 fully saturated rings. The first-order chi connectivity index (χ1) is 10.0. The number of H-pyrrole nitrogens is 1. The van der Waals surface area contributed by atoms with Gasteiger partial charge >= 0.3 is 5.69 Å². The number of carbonyl (C=O) groups is 1. The molecular weight excluding hydrogens is 356 g/mol. The molecule has 6 nitrogen and oxygen atoms in total. The lowest BCUT2D eigenvalue weighted by Crippen LogP contribution is -2.17. The van der Waals surface area contributed by atoms with E-state index in [1.54, 1.807) is 0 Å². The zero-order valence-corrected chi connectivity index (χ0v) is 14.0. The third-order valence-electron chi connectivity index (χ3n) is 2.81. The van der Waals surface area contributed by atoms with Crippen molar-refractivity contribution in [3.8, 4) is 0 Å². The monoisotopic (exact) mass is 370 g/mol. The molecule has 0 spiro atoms. The van der Waals surface area contributed by atoms with Crippen molar-refractivity contribution in [2.75, 3.05) is 11.1 Å². The van der Waals surface area contributed by atoms with Crippen LogP contribution in [0.2, 0.25) is 0 Å². The van der Waals surface area contributed by atoms with Gasteiger partial charge in [0.2, 0.25) is 5.91 Å². The lowest BCUT2D eigenvalue weighted by molar-refractivity contribution is -0.113. The minimum absolute atomic E-state index is 0.139. The van der Waals surface area contributed by atoms with Gasteiger partial charge in [0, 0.05) is 16.7 Å². The van der Waals surface area contributed by atoms with Crippen LogP contribution in [0.15, 0.2) is 32.6 Å². The molecule has 0 atom stereocenters. The van der Waals surface area contributed by atoms with Crippen molar-refractivity contribution in [1.82, 2.24) is 14.8 Å². The van der Waals surface area contributed by atoms with E-state index in [-0.39, 0.29) is 17.3 Å². The van der Waals surface area contributed by atoms with E-state index in [4.69, 9.17) is 0 Å². The number of aromatic nitrogens is 3. The molecule has 1 aromatic heterocycles. The zero-order valence-electron chi connectivity index (χ0n) is 11.6. The van der Waals surface area contributed by atoms with Crippen molar-refractivity contribution in [1.29, 1.82) is 0 Å². The largest absolute Gasteiger partial charge is 0.343 e. The second-order valence-corrected chi connectivity index (χ2v) is 6.15. The van der Waals surface area contributed by atoms with Gasteiger partial charge in [-0.15, -0.1) is 5.10 Å². The predicted octanol–water partition coefficient (Wildman–Crippen LogP) is 2.39. The smallest absolute Gasteiger partial charge is 0.325 e. The van der Waals surface area contributed by atoms with E-state index < -0.39 is 0 Å². The Morgan fingerprint density at radius 3 is 2.95 bits per heavy atom. The first-order valence-electron chi connectivity index (χ1n) is 6.35. The number of nitrogens with zero attached hydrogens (tertiary/aromatic N) is 2. The average molecular weight is 371 g/mol. The van der Waals surface area contributed by atoms with Crippen LogP contribution in [0.3, 0.4) is 0 Å². The molecule has 0 saturated carbocycles. The first kappa shape index (κ1) is 15.8. The summed E-state index contributed by atoms with van der Waals surface area (Å²) in [4.78, 5) is 23.3. The second-order valence-electron chi connectivity index (χ2n) is 4.36. The summed E-state index contributed by atoms with van der Waals surface area (Å²) >= 11 is 4.64. The molecule has 112 valence electrons. The number of rotatable bonds is 5. The lowest BCUT2D eigenvalue weighted by Gasteiger charge is -2.07. The Hall–Kier alpha value is -1.54. The number of benzene rings is 1. The van der Waals surface area contributed by atoms with Crippen LogP contribution >= 0.6 is 27.7 Å². The summed E-state index contributed by atoms with van der Waals surface area (Å²) in [5, 5.41) is 9.61. The number of hydrogen-bond acceptors (Lipinski definition) is 4. The van der Waals surface area contributed by atoms with Gasteiger partial charge in [-0.05, 0) is 37.6 Å². The second kappa shape index (κ2) is 6.95. The molecule has 0 radical (unpaired) electrons. The standard InChI is InChI=1S/C13H15BrN4O2S/c1-3-18-12(20)16-17-13(18)21-7-11(19)15-9-4-5-10(14)8(2)6-9/h4-6H,3,7H2,1-2H3,(H,15,19)(H,16,20). The molecule has 0 aliphatic heterocycles. The Kier molecular flexibility index (Phi) is 5.24. The van der Waals surface area contributed by atoms with E-state index in [0.29, 0.717) is 11.7 Å². The predicted molar refractivity (Wildman–Crippen MR) is 86.8 cm³/mol. The number of nitrogens with one attached hydrogen (secondary N) is 2. The SMILES string of the molecule is CCn1c(SCC(=O)Nc2ccc(Br)c(C)c2)n[nH]c1=O. The number of aryl methyl sites for hydroxylation is 1. The molecule has 1 heterocycles. The Balaban J connectivity index is 1.95. The highest BCUT2D eigenvalue weighted by molar-refractivity contribution is 9.10. The summed E-state index contributed by atoms with van der Waals surface area (Å²) in [6.45, 7) is 4.33. The molecule has 0 aliphatic carbocycles. The summed E-state index contributed by atoms with van der Waals surface area (Å²) in [5.41, 5.74) is 1.53. The van der Waals surface area contributed by atoms with Crippen LogP contribution in [0.25, 0.3) is 0 Å². The fraction of sp³-hybridized carbons (Fsp3) is 0.308. The van der Waals surface area contributed by atoms with Crippen LogP contribution in [-0.4, -0.2) is 26.4 Å². The van der Waals surface area contributed by atoms with Crippen molar-refractivity contribution in [3.63, 3.8) is 0 Å². The van der Waals surface area contributed by atoms with Gasteiger partial charge in [0.1, 0.15) is 0 Å². The zero-order chi connectivity index (χ0) is 15.4. The maximum Gasteiger partial charge on any atom is 0.343 e. The van der Waals surface area contributed by atoms with Crippen molar-refractivity contribution in [3.05, 3.63) is 38.7 Å². The number of amides is 1. The fourth-order valence-corrected chi connectivity index (χ4v) is 2.80. The molecule has 0 bridgehead atoms. The normalized spacial score (nSPS) is 10.6. The minimum Gasteiger partial charge on any atom is -0.325 e. The van der Waals surface area contributed by atoms with Gasteiger partial charge in [0.05, 0.1) is 5.75 Å². The van der Waals surface area contributed by atoms with E-state index in [1.165, 1.54) is 16.3 Å². The van der Waals surface area contributed by atoms with Gasteiger partial charge in [-0.1, -0.05) is 27.7 Å². The summed E-state index contributed by atoms with van der Waals surface area (Å²) in [6, 6.07) is 5.61. The number of carbonyl (C=O) groups excluding carboxylic acids is 1. The summed E-state index contributed by atoms with van der Waals surface area (Å²) in [6.07, 6.45) is 0. The molecule has 2 rings (SSSR count). The first-order valence-corrected chi connectivity index (χ1v) is 8.13.